The van der Waals surface area contributed by atoms with Crippen molar-refractivity contribution in [1.82, 2.24) is 0 Å². The molecule has 1 aliphatic rings. The molecule has 0 spiro atoms. The lowest BCUT2D eigenvalue weighted by Crippen LogP contribution is -2.35. The second-order valence-electron chi connectivity index (χ2n) is 7.02. The highest BCUT2D eigenvalue weighted by Gasteiger charge is 2.34. The van der Waals surface area contributed by atoms with Crippen molar-refractivity contribution in [1.29, 1.82) is 0 Å². The summed E-state index contributed by atoms with van der Waals surface area (Å²) in [7, 11) is 1.79. The first-order valence-corrected chi connectivity index (χ1v) is 9.49. The molecular weight excluding hydrogens is 332 g/mol. The van der Waals surface area contributed by atoms with Crippen LogP contribution in [0.3, 0.4) is 0 Å². The molecule has 1 N–H and O–H groups in total. The molecule has 1 fully saturated rings. The monoisotopic (exact) mass is 358 g/mol. The Hall–Kier alpha value is -1.33. The van der Waals surface area contributed by atoms with E-state index in [1.165, 1.54) is 10.5 Å². The smallest absolute Gasteiger partial charge is 0.0971 e. The molecule has 1 saturated heterocycles. The molecule has 4 heteroatoms. The van der Waals surface area contributed by atoms with Crippen LogP contribution in [0.4, 0.5) is 0 Å². The highest BCUT2D eigenvalue weighted by molar-refractivity contribution is 7.99. The minimum Gasteiger partial charge on any atom is -0.386 e. The zero-order chi connectivity index (χ0) is 17.9. The topological polar surface area (TPSA) is 38.7 Å². The first-order chi connectivity index (χ1) is 11.9. The molecule has 0 saturated carbocycles. The van der Waals surface area contributed by atoms with Gasteiger partial charge in [0.25, 0.3) is 0 Å². The Morgan fingerprint density at radius 2 is 1.72 bits per heavy atom. The second kappa shape index (κ2) is 7.50. The largest absolute Gasteiger partial charge is 0.386 e. The molecule has 0 unspecified atom stereocenters. The maximum atomic E-state index is 10.1. The lowest BCUT2D eigenvalue weighted by atomic mass is 9.86. The highest BCUT2D eigenvalue weighted by Crippen LogP contribution is 2.38. The lowest BCUT2D eigenvalue weighted by molar-refractivity contribution is -0.0948. The molecule has 0 bridgehead atoms. The average Bonchev–Trinajstić information content (AvgIpc) is 2.62. The van der Waals surface area contributed by atoms with Crippen LogP contribution in [0.25, 0.3) is 0 Å². The van der Waals surface area contributed by atoms with Gasteiger partial charge >= 0.3 is 0 Å². The minimum atomic E-state index is -0.809. The van der Waals surface area contributed by atoms with E-state index in [1.54, 1.807) is 32.7 Å². The van der Waals surface area contributed by atoms with Crippen molar-refractivity contribution in [2.24, 2.45) is 0 Å². The van der Waals surface area contributed by atoms with Crippen molar-refractivity contribution in [2.75, 3.05) is 20.3 Å². The van der Waals surface area contributed by atoms with E-state index in [4.69, 9.17) is 9.47 Å². The van der Waals surface area contributed by atoms with Crippen LogP contribution in [-0.2, 0) is 20.7 Å². The van der Waals surface area contributed by atoms with Gasteiger partial charge in [-0.25, -0.2) is 0 Å². The molecule has 0 atom stereocenters. The number of hydrogen-bond acceptors (Lipinski definition) is 4. The van der Waals surface area contributed by atoms with Crippen LogP contribution in [0.1, 0.15) is 37.8 Å². The van der Waals surface area contributed by atoms with Crippen LogP contribution in [0, 0.1) is 0 Å². The zero-order valence-corrected chi connectivity index (χ0v) is 15.9. The summed E-state index contributed by atoms with van der Waals surface area (Å²) in [5.74, 6) is 0. The van der Waals surface area contributed by atoms with E-state index in [0.717, 1.165) is 36.5 Å². The third-order valence-corrected chi connectivity index (χ3v) is 5.85. The van der Waals surface area contributed by atoms with Crippen LogP contribution in [0.2, 0.25) is 0 Å². The predicted molar refractivity (Wildman–Crippen MR) is 101 cm³/mol. The van der Waals surface area contributed by atoms with E-state index >= 15 is 0 Å². The molecule has 2 aromatic rings. The van der Waals surface area contributed by atoms with Gasteiger partial charge in [0, 0.05) is 43.0 Å². The fourth-order valence-electron chi connectivity index (χ4n) is 3.22. The maximum absolute atomic E-state index is 10.1. The highest BCUT2D eigenvalue weighted by atomic mass is 32.2. The van der Waals surface area contributed by atoms with Gasteiger partial charge in [0.15, 0.2) is 0 Å². The van der Waals surface area contributed by atoms with Crippen LogP contribution in [0.15, 0.2) is 58.3 Å². The van der Waals surface area contributed by atoms with Gasteiger partial charge in [-0.15, -0.1) is 0 Å². The molecular formula is C21H26O3S. The van der Waals surface area contributed by atoms with Gasteiger partial charge in [-0.1, -0.05) is 36.0 Å². The van der Waals surface area contributed by atoms with E-state index in [1.807, 2.05) is 12.1 Å². The van der Waals surface area contributed by atoms with E-state index in [-0.39, 0.29) is 5.60 Å². The molecule has 3 nitrogen and oxygen atoms in total. The molecule has 0 aromatic heterocycles. The molecule has 0 amide bonds. The number of hydrogen-bond donors (Lipinski definition) is 1. The summed E-state index contributed by atoms with van der Waals surface area (Å²) in [6.45, 7) is 5.08. The fourth-order valence-corrected chi connectivity index (χ4v) is 4.10. The number of methoxy groups -OCH3 is 1. The Labute approximate surface area is 154 Å². The third kappa shape index (κ3) is 4.26. The number of aliphatic hydroxyl groups is 1. The van der Waals surface area contributed by atoms with Gasteiger partial charge in [0.2, 0.25) is 0 Å². The molecule has 1 aliphatic heterocycles. The van der Waals surface area contributed by atoms with Gasteiger partial charge < -0.3 is 14.6 Å². The lowest BCUT2D eigenvalue weighted by Gasteiger charge is -2.36. The van der Waals surface area contributed by atoms with Crippen LogP contribution in [0.5, 0.6) is 0 Å². The molecule has 0 radical (unpaired) electrons. The normalized spacial score (nSPS) is 17.4. The van der Waals surface area contributed by atoms with Crippen LogP contribution < -0.4 is 0 Å². The molecule has 0 aliphatic carbocycles. The summed E-state index contributed by atoms with van der Waals surface area (Å²) in [6.07, 6.45) is 1.77. The molecule has 3 rings (SSSR count). The van der Waals surface area contributed by atoms with Gasteiger partial charge in [-0.05, 0) is 49.2 Å². The Bertz CT molecular complexity index is 698. The van der Waals surface area contributed by atoms with Crippen molar-refractivity contribution in [2.45, 2.75) is 47.7 Å². The van der Waals surface area contributed by atoms with E-state index < -0.39 is 5.60 Å². The summed E-state index contributed by atoms with van der Waals surface area (Å²) in [4.78, 5) is 2.35. The Morgan fingerprint density at radius 1 is 1.04 bits per heavy atom. The third-order valence-electron chi connectivity index (χ3n) is 4.85. The zero-order valence-electron chi connectivity index (χ0n) is 15.1. The number of ether oxygens (including phenoxy) is 2. The summed E-state index contributed by atoms with van der Waals surface area (Å²) in [6, 6.07) is 16.7. The predicted octanol–water partition coefficient (Wildman–Crippen LogP) is 4.72. The first-order valence-electron chi connectivity index (χ1n) is 8.67. The quantitative estimate of drug-likeness (QED) is 0.839. The standard InChI is InChI=1S/C21H26O3S/c1-20(2,22)16-7-9-18(10-8-16)25-19-6-4-5-17(15-19)21(23-3)11-13-24-14-12-21/h4-10,15,22H,11-14H2,1-3H3. The Morgan fingerprint density at radius 3 is 2.32 bits per heavy atom. The van der Waals surface area contributed by atoms with E-state index in [0.29, 0.717) is 0 Å². The SMILES string of the molecule is COC1(c2cccc(Sc3ccc(C(C)(C)O)cc3)c2)CCOCC1. The van der Waals surface area contributed by atoms with Crippen molar-refractivity contribution < 1.29 is 14.6 Å². The maximum Gasteiger partial charge on any atom is 0.0971 e. The minimum absolute atomic E-state index is 0.237. The fraction of sp³-hybridized carbons (Fsp3) is 0.429. The van der Waals surface area contributed by atoms with Gasteiger partial charge in [0.05, 0.1) is 11.2 Å². The summed E-state index contributed by atoms with van der Waals surface area (Å²) in [5, 5.41) is 10.1. The van der Waals surface area contributed by atoms with Crippen molar-refractivity contribution in [3.05, 3.63) is 59.7 Å². The van der Waals surface area contributed by atoms with Crippen LogP contribution in [-0.4, -0.2) is 25.4 Å². The molecule has 2 aromatic carbocycles. The molecule has 134 valence electrons. The summed E-state index contributed by atoms with van der Waals surface area (Å²) < 4.78 is 11.4. The van der Waals surface area contributed by atoms with E-state index in [9.17, 15) is 5.11 Å². The van der Waals surface area contributed by atoms with Crippen molar-refractivity contribution >= 4 is 11.8 Å². The van der Waals surface area contributed by atoms with Gasteiger partial charge in [-0.3, -0.25) is 0 Å². The van der Waals surface area contributed by atoms with Crippen molar-refractivity contribution in [3.63, 3.8) is 0 Å². The van der Waals surface area contributed by atoms with Gasteiger partial charge in [-0.2, -0.15) is 0 Å². The Kier molecular flexibility index (Phi) is 5.54. The van der Waals surface area contributed by atoms with Gasteiger partial charge in [0.1, 0.15) is 0 Å². The van der Waals surface area contributed by atoms with E-state index in [2.05, 4.69) is 36.4 Å². The molecule has 1 heterocycles. The summed E-state index contributed by atoms with van der Waals surface area (Å²) >= 11 is 1.73. The number of benzene rings is 2. The molecule has 25 heavy (non-hydrogen) atoms. The average molecular weight is 359 g/mol. The summed E-state index contributed by atoms with van der Waals surface area (Å²) in [5.41, 5.74) is 1.10. The second-order valence-corrected chi connectivity index (χ2v) is 8.17. The Balaban J connectivity index is 1.80. The first kappa shape index (κ1) is 18.5. The van der Waals surface area contributed by atoms with Crippen LogP contribution >= 0.6 is 11.8 Å². The number of rotatable bonds is 5. The van der Waals surface area contributed by atoms with Crippen molar-refractivity contribution in [3.8, 4) is 0 Å².